The molecule has 0 aromatic rings. The van der Waals surface area contributed by atoms with Gasteiger partial charge in [0, 0.05) is 13.1 Å². The lowest BCUT2D eigenvalue weighted by Gasteiger charge is -2.13. The fraction of sp³-hybridized carbons (Fsp3) is 0.625. The van der Waals surface area contributed by atoms with Gasteiger partial charge in [0.05, 0.1) is 12.1 Å². The monoisotopic (exact) mass is 170 g/mol. The molecule has 0 spiro atoms. The smallest absolute Gasteiger partial charge is 0.0586 e. The molecule has 0 aromatic heterocycles. The van der Waals surface area contributed by atoms with Gasteiger partial charge in [-0.25, -0.2) is 0 Å². The summed E-state index contributed by atoms with van der Waals surface area (Å²) < 4.78 is 0. The van der Waals surface area contributed by atoms with Crippen LogP contribution in [0.1, 0.15) is 6.42 Å². The highest BCUT2D eigenvalue weighted by Gasteiger charge is 2.01. The number of nitrogens with zero attached hydrogens (tertiary/aromatic N) is 2. The summed E-state index contributed by atoms with van der Waals surface area (Å²) in [5.41, 5.74) is 1.90. The lowest BCUT2D eigenvalue weighted by atomic mass is 10.4. The van der Waals surface area contributed by atoms with E-state index in [0.29, 0.717) is 0 Å². The highest BCUT2D eigenvalue weighted by molar-refractivity contribution is 8.15. The SMILES string of the molecule is C=C1CCN(C)CCN=CS1. The summed E-state index contributed by atoms with van der Waals surface area (Å²) in [6, 6.07) is 0. The van der Waals surface area contributed by atoms with Crippen molar-refractivity contribution >= 4 is 17.3 Å². The third-order valence-corrected chi connectivity index (χ3v) is 2.47. The molecule has 1 heterocycles. The number of rotatable bonds is 0. The molecule has 0 N–H and O–H groups in total. The van der Waals surface area contributed by atoms with Crippen LogP contribution in [0.4, 0.5) is 0 Å². The van der Waals surface area contributed by atoms with Crippen LogP contribution in [0, 0.1) is 0 Å². The maximum absolute atomic E-state index is 4.23. The maximum Gasteiger partial charge on any atom is 0.0586 e. The molecule has 1 rings (SSSR count). The summed E-state index contributed by atoms with van der Waals surface area (Å²) in [7, 11) is 2.12. The van der Waals surface area contributed by atoms with E-state index in [1.54, 1.807) is 11.8 Å². The van der Waals surface area contributed by atoms with E-state index in [0.717, 1.165) is 26.1 Å². The predicted octanol–water partition coefficient (Wildman–Crippen LogP) is 1.60. The van der Waals surface area contributed by atoms with Crippen molar-refractivity contribution in [1.82, 2.24) is 4.90 Å². The number of hydrogen-bond acceptors (Lipinski definition) is 3. The lowest BCUT2D eigenvalue weighted by Crippen LogP contribution is -2.22. The van der Waals surface area contributed by atoms with Gasteiger partial charge < -0.3 is 4.90 Å². The van der Waals surface area contributed by atoms with Gasteiger partial charge in [-0.3, -0.25) is 4.99 Å². The molecule has 62 valence electrons. The molecule has 0 atom stereocenters. The molecule has 0 radical (unpaired) electrons. The zero-order valence-electron chi connectivity index (χ0n) is 6.92. The Balaban J connectivity index is 2.42. The Kier molecular flexibility index (Phi) is 3.66. The molecule has 0 unspecified atom stereocenters. The van der Waals surface area contributed by atoms with Crippen molar-refractivity contribution in [2.75, 3.05) is 26.7 Å². The first-order valence-corrected chi connectivity index (χ1v) is 4.68. The Morgan fingerprint density at radius 3 is 3.27 bits per heavy atom. The van der Waals surface area contributed by atoms with Crippen LogP contribution in [-0.4, -0.2) is 37.1 Å². The van der Waals surface area contributed by atoms with Gasteiger partial charge in [0.2, 0.25) is 0 Å². The minimum Gasteiger partial charge on any atom is -0.304 e. The fourth-order valence-corrected chi connectivity index (χ4v) is 1.42. The summed E-state index contributed by atoms with van der Waals surface area (Å²) in [4.78, 5) is 7.72. The molecule has 0 saturated carbocycles. The van der Waals surface area contributed by atoms with Gasteiger partial charge >= 0.3 is 0 Å². The van der Waals surface area contributed by atoms with Crippen molar-refractivity contribution in [1.29, 1.82) is 0 Å². The van der Waals surface area contributed by atoms with Crippen molar-refractivity contribution < 1.29 is 0 Å². The summed E-state index contributed by atoms with van der Waals surface area (Å²) >= 11 is 1.65. The van der Waals surface area contributed by atoms with Crippen molar-refractivity contribution in [3.05, 3.63) is 11.5 Å². The Morgan fingerprint density at radius 1 is 1.64 bits per heavy atom. The highest BCUT2D eigenvalue weighted by atomic mass is 32.2. The van der Waals surface area contributed by atoms with Crippen LogP contribution >= 0.6 is 11.8 Å². The first-order chi connectivity index (χ1) is 5.29. The third kappa shape index (κ3) is 3.58. The predicted molar refractivity (Wildman–Crippen MR) is 52.2 cm³/mol. The van der Waals surface area contributed by atoms with Crippen LogP contribution in [0.2, 0.25) is 0 Å². The van der Waals surface area contributed by atoms with Crippen LogP contribution in [0.15, 0.2) is 16.5 Å². The first kappa shape index (κ1) is 8.81. The minimum atomic E-state index is 0.913. The molecule has 11 heavy (non-hydrogen) atoms. The summed E-state index contributed by atoms with van der Waals surface area (Å²) in [5.74, 6) is 0. The molecule has 1 aliphatic heterocycles. The van der Waals surface area contributed by atoms with E-state index < -0.39 is 0 Å². The molecule has 1 aliphatic rings. The van der Waals surface area contributed by atoms with Crippen LogP contribution in [-0.2, 0) is 0 Å². The molecule has 0 aromatic carbocycles. The van der Waals surface area contributed by atoms with Crippen LogP contribution in [0.5, 0.6) is 0 Å². The Morgan fingerprint density at radius 2 is 2.45 bits per heavy atom. The molecule has 0 fully saturated rings. The molecule has 3 heteroatoms. The van der Waals surface area contributed by atoms with E-state index in [1.165, 1.54) is 4.91 Å². The lowest BCUT2D eigenvalue weighted by molar-refractivity contribution is 0.351. The van der Waals surface area contributed by atoms with Crippen molar-refractivity contribution in [2.24, 2.45) is 4.99 Å². The second-order valence-corrected chi connectivity index (χ2v) is 3.75. The van der Waals surface area contributed by atoms with E-state index in [-0.39, 0.29) is 0 Å². The number of hydrogen-bond donors (Lipinski definition) is 0. The van der Waals surface area contributed by atoms with Gasteiger partial charge in [0.15, 0.2) is 0 Å². The third-order valence-electron chi connectivity index (χ3n) is 1.68. The second-order valence-electron chi connectivity index (χ2n) is 2.72. The summed E-state index contributed by atoms with van der Waals surface area (Å²) in [6.45, 7) is 7.02. The van der Waals surface area contributed by atoms with Crippen LogP contribution < -0.4 is 0 Å². The van der Waals surface area contributed by atoms with Crippen molar-refractivity contribution in [3.63, 3.8) is 0 Å². The molecular formula is C8H14N2S. The number of thioether (sulfide) groups is 1. The minimum absolute atomic E-state index is 0.913. The van der Waals surface area contributed by atoms with Gasteiger partial charge in [0.25, 0.3) is 0 Å². The van der Waals surface area contributed by atoms with E-state index in [9.17, 15) is 0 Å². The molecular weight excluding hydrogens is 156 g/mol. The Labute approximate surface area is 72.4 Å². The first-order valence-electron chi connectivity index (χ1n) is 3.80. The van der Waals surface area contributed by atoms with E-state index in [1.807, 2.05) is 5.55 Å². The molecule has 0 bridgehead atoms. The quantitative estimate of drug-likeness (QED) is 0.549. The zero-order valence-corrected chi connectivity index (χ0v) is 7.73. The van der Waals surface area contributed by atoms with Crippen LogP contribution in [0.25, 0.3) is 0 Å². The average Bonchev–Trinajstić information content (AvgIpc) is 2.06. The molecule has 0 aliphatic carbocycles. The van der Waals surface area contributed by atoms with Gasteiger partial charge in [-0.05, 0) is 18.4 Å². The Hall–Kier alpha value is -0.280. The van der Waals surface area contributed by atoms with Gasteiger partial charge in [-0.15, -0.1) is 0 Å². The van der Waals surface area contributed by atoms with Gasteiger partial charge in [0.1, 0.15) is 0 Å². The highest BCUT2D eigenvalue weighted by Crippen LogP contribution is 2.15. The number of aliphatic imine (C=N–C) groups is 1. The average molecular weight is 170 g/mol. The second kappa shape index (κ2) is 4.57. The zero-order chi connectivity index (χ0) is 8.10. The normalized spacial score (nSPS) is 22.5. The molecule has 0 amide bonds. The van der Waals surface area contributed by atoms with E-state index in [4.69, 9.17) is 0 Å². The Bertz CT molecular complexity index is 165. The molecule has 0 saturated heterocycles. The summed E-state index contributed by atoms with van der Waals surface area (Å²) in [6.07, 6.45) is 1.08. The topological polar surface area (TPSA) is 15.6 Å². The fourth-order valence-electron chi connectivity index (χ4n) is 0.879. The maximum atomic E-state index is 4.23. The van der Waals surface area contributed by atoms with E-state index in [2.05, 4.69) is 23.5 Å². The molecule has 2 nitrogen and oxygen atoms in total. The van der Waals surface area contributed by atoms with Gasteiger partial charge in [-0.1, -0.05) is 18.3 Å². The summed E-state index contributed by atoms with van der Waals surface area (Å²) in [5, 5.41) is 0. The van der Waals surface area contributed by atoms with E-state index >= 15 is 0 Å². The largest absolute Gasteiger partial charge is 0.304 e. The van der Waals surface area contributed by atoms with Crippen molar-refractivity contribution in [2.45, 2.75) is 6.42 Å². The standard InChI is InChI=1S/C8H14N2S/c1-8-3-5-10(2)6-4-9-7-11-8/h7H,1,3-6H2,2H3. The van der Waals surface area contributed by atoms with Crippen LogP contribution in [0.3, 0.4) is 0 Å². The number of likely N-dealkylation sites (N-methyl/N-ethyl adjacent to an activating group) is 1. The van der Waals surface area contributed by atoms with Crippen molar-refractivity contribution in [3.8, 4) is 0 Å². The van der Waals surface area contributed by atoms with Gasteiger partial charge in [-0.2, -0.15) is 0 Å².